The highest BCUT2D eigenvalue weighted by molar-refractivity contribution is 5.96. The molecule has 1 aromatic carbocycles. The van der Waals surface area contributed by atoms with Gasteiger partial charge < -0.3 is 19.9 Å². The molecule has 20 heavy (non-hydrogen) atoms. The molecule has 0 bridgehead atoms. The maximum absolute atomic E-state index is 11.8. The predicted octanol–water partition coefficient (Wildman–Crippen LogP) is 1.18. The van der Waals surface area contributed by atoms with E-state index in [1.165, 1.54) is 7.05 Å². The molecule has 0 saturated heterocycles. The highest BCUT2D eigenvalue weighted by Crippen LogP contribution is 2.30. The lowest BCUT2D eigenvalue weighted by Gasteiger charge is -2.25. The highest BCUT2D eigenvalue weighted by Gasteiger charge is 2.22. The maximum atomic E-state index is 11.8. The van der Waals surface area contributed by atoms with Crippen molar-refractivity contribution >= 4 is 12.1 Å². The van der Waals surface area contributed by atoms with E-state index in [1.54, 1.807) is 18.2 Å². The largest absolute Gasteiger partial charge is 0.414 e. The lowest BCUT2D eigenvalue weighted by atomic mass is 9.94. The van der Waals surface area contributed by atoms with Crippen LogP contribution < -0.4 is 5.32 Å². The molecule has 0 aliphatic carbocycles. The van der Waals surface area contributed by atoms with Crippen molar-refractivity contribution < 1.29 is 24.2 Å². The summed E-state index contributed by atoms with van der Waals surface area (Å²) in [5.74, 6) is -0.683. The number of amides is 1. The Balaban J connectivity index is 2.19. The van der Waals surface area contributed by atoms with Crippen LogP contribution in [0.15, 0.2) is 18.2 Å². The summed E-state index contributed by atoms with van der Waals surface area (Å²) in [5.41, 5.74) is 2.29. The van der Waals surface area contributed by atoms with Crippen LogP contribution in [0.2, 0.25) is 0 Å². The quantitative estimate of drug-likeness (QED) is 0.641. The van der Waals surface area contributed by atoms with Crippen molar-refractivity contribution in [1.82, 2.24) is 5.32 Å². The van der Waals surface area contributed by atoms with E-state index in [2.05, 4.69) is 10.1 Å². The van der Waals surface area contributed by atoms with Crippen molar-refractivity contribution in [3.8, 4) is 0 Å². The van der Waals surface area contributed by atoms with E-state index in [4.69, 9.17) is 9.84 Å². The van der Waals surface area contributed by atoms with Crippen molar-refractivity contribution in [2.45, 2.75) is 18.9 Å². The van der Waals surface area contributed by atoms with Crippen LogP contribution in [-0.2, 0) is 15.9 Å². The molecule has 1 aromatic rings. The fraction of sp³-hybridized carbons (Fsp3) is 0.429. The number of carbonyl (C=O) groups is 2. The van der Waals surface area contributed by atoms with E-state index in [-0.39, 0.29) is 12.7 Å². The first kappa shape index (κ1) is 14.5. The minimum atomic E-state index is -0.783. The van der Waals surface area contributed by atoms with E-state index in [0.717, 1.165) is 11.1 Å². The zero-order valence-electron chi connectivity index (χ0n) is 11.2. The van der Waals surface area contributed by atoms with Gasteiger partial charge in [0.2, 0.25) is 0 Å². The molecule has 1 aliphatic heterocycles. The van der Waals surface area contributed by atoms with Gasteiger partial charge in [0.1, 0.15) is 0 Å². The topological polar surface area (TPSA) is 84.9 Å². The number of carbonyl (C=O) groups excluding carboxylic acids is 2. The summed E-state index contributed by atoms with van der Waals surface area (Å²) >= 11 is 0. The minimum Gasteiger partial charge on any atom is -0.396 e. The van der Waals surface area contributed by atoms with Crippen LogP contribution >= 0.6 is 0 Å². The molecule has 6 heteroatoms. The first-order valence-electron chi connectivity index (χ1n) is 6.45. The minimum absolute atomic E-state index is 0.0462. The molecule has 2 rings (SSSR count). The summed E-state index contributed by atoms with van der Waals surface area (Å²) in [6, 6.07) is 5.10. The van der Waals surface area contributed by atoms with Gasteiger partial charge in [0, 0.05) is 20.1 Å². The Kier molecular flexibility index (Phi) is 4.70. The number of ether oxygens (including phenoxy) is 2. The zero-order chi connectivity index (χ0) is 14.5. The van der Waals surface area contributed by atoms with Crippen LogP contribution in [0.4, 0.5) is 4.79 Å². The third-order valence-electron chi connectivity index (χ3n) is 3.20. The average Bonchev–Trinajstić information content (AvgIpc) is 2.47. The van der Waals surface area contributed by atoms with Crippen molar-refractivity contribution in [2.24, 2.45) is 0 Å². The van der Waals surface area contributed by atoms with Crippen molar-refractivity contribution in [3.05, 3.63) is 34.9 Å². The molecular weight excluding hydrogens is 262 g/mol. The van der Waals surface area contributed by atoms with Gasteiger partial charge in [0.05, 0.1) is 18.3 Å². The Morgan fingerprint density at radius 1 is 1.50 bits per heavy atom. The van der Waals surface area contributed by atoms with E-state index in [9.17, 15) is 9.59 Å². The van der Waals surface area contributed by atoms with Crippen LogP contribution in [0, 0.1) is 0 Å². The number of benzene rings is 1. The summed E-state index contributed by atoms with van der Waals surface area (Å²) in [6.07, 6.45) is 0.287. The third kappa shape index (κ3) is 3.15. The predicted molar refractivity (Wildman–Crippen MR) is 70.4 cm³/mol. The van der Waals surface area contributed by atoms with E-state index < -0.39 is 12.1 Å². The third-order valence-corrected chi connectivity index (χ3v) is 3.20. The Labute approximate surface area is 116 Å². The molecule has 1 aliphatic rings. The number of aliphatic hydroxyl groups is 1. The fourth-order valence-corrected chi connectivity index (χ4v) is 2.21. The Bertz CT molecular complexity index is 514. The van der Waals surface area contributed by atoms with E-state index in [1.807, 2.05) is 0 Å². The van der Waals surface area contributed by atoms with Crippen LogP contribution in [0.3, 0.4) is 0 Å². The highest BCUT2D eigenvalue weighted by atomic mass is 16.6. The molecular formula is C14H17NO5. The van der Waals surface area contributed by atoms with Gasteiger partial charge in [0.25, 0.3) is 0 Å². The van der Waals surface area contributed by atoms with Crippen LogP contribution in [0.5, 0.6) is 0 Å². The second kappa shape index (κ2) is 6.49. The molecule has 1 atom stereocenters. The van der Waals surface area contributed by atoms with Gasteiger partial charge in [-0.3, -0.25) is 0 Å². The molecule has 0 aromatic heterocycles. The smallest absolute Gasteiger partial charge is 0.396 e. The van der Waals surface area contributed by atoms with Crippen LogP contribution in [0.1, 0.15) is 34.0 Å². The number of hydrogen-bond donors (Lipinski definition) is 2. The normalized spacial score (nSPS) is 17.2. The summed E-state index contributed by atoms with van der Waals surface area (Å²) in [6.45, 7) is 0.593. The van der Waals surface area contributed by atoms with Crippen molar-refractivity contribution in [2.75, 3.05) is 20.3 Å². The van der Waals surface area contributed by atoms with Gasteiger partial charge in [0.15, 0.2) is 0 Å². The number of hydrogen-bond acceptors (Lipinski definition) is 5. The SMILES string of the molecule is CNC(=O)OC(=O)c1ccc2c(c1)CCOC2CCO. The van der Waals surface area contributed by atoms with Crippen LogP contribution in [0.25, 0.3) is 0 Å². The molecule has 2 N–H and O–H groups in total. The van der Waals surface area contributed by atoms with E-state index in [0.29, 0.717) is 25.0 Å². The summed E-state index contributed by atoms with van der Waals surface area (Å²) < 4.78 is 10.2. The number of nitrogens with one attached hydrogen (secondary N) is 1. The molecule has 108 valence electrons. The molecule has 1 amide bonds. The van der Waals surface area contributed by atoms with Crippen LogP contribution in [-0.4, -0.2) is 37.4 Å². The number of alkyl carbamates (subject to hydrolysis) is 1. The fourth-order valence-electron chi connectivity index (χ4n) is 2.21. The monoisotopic (exact) mass is 279 g/mol. The van der Waals surface area contributed by atoms with E-state index >= 15 is 0 Å². The molecule has 0 radical (unpaired) electrons. The molecule has 1 unspecified atom stereocenters. The summed E-state index contributed by atoms with van der Waals surface area (Å²) in [7, 11) is 1.39. The number of fused-ring (bicyclic) bond motifs is 1. The lowest BCUT2D eigenvalue weighted by molar-refractivity contribution is 0.0252. The maximum Gasteiger partial charge on any atom is 0.414 e. The molecule has 1 heterocycles. The Hall–Kier alpha value is -1.92. The molecule has 0 spiro atoms. The van der Waals surface area contributed by atoms with Crippen molar-refractivity contribution in [1.29, 1.82) is 0 Å². The first-order valence-corrected chi connectivity index (χ1v) is 6.45. The molecule has 0 fully saturated rings. The summed E-state index contributed by atoms with van der Waals surface area (Å²) in [5, 5.41) is 11.2. The Morgan fingerprint density at radius 3 is 3.00 bits per heavy atom. The first-order chi connectivity index (χ1) is 9.65. The van der Waals surface area contributed by atoms with Gasteiger partial charge in [-0.2, -0.15) is 0 Å². The lowest BCUT2D eigenvalue weighted by Crippen LogP contribution is -2.23. The number of aliphatic hydroxyl groups excluding tert-OH is 1. The van der Waals surface area contributed by atoms with Crippen molar-refractivity contribution in [3.63, 3.8) is 0 Å². The average molecular weight is 279 g/mol. The number of rotatable bonds is 3. The van der Waals surface area contributed by atoms with Gasteiger partial charge in [-0.15, -0.1) is 0 Å². The second-order valence-corrected chi connectivity index (χ2v) is 4.46. The van der Waals surface area contributed by atoms with Gasteiger partial charge >= 0.3 is 12.1 Å². The van der Waals surface area contributed by atoms with Gasteiger partial charge in [-0.05, 0) is 29.7 Å². The molecule has 0 saturated carbocycles. The van der Waals surface area contributed by atoms with Gasteiger partial charge in [-0.1, -0.05) is 6.07 Å². The second-order valence-electron chi connectivity index (χ2n) is 4.46. The Morgan fingerprint density at radius 2 is 2.30 bits per heavy atom. The van der Waals surface area contributed by atoms with Gasteiger partial charge in [-0.25, -0.2) is 9.59 Å². The zero-order valence-corrected chi connectivity index (χ0v) is 11.2. The standard InChI is InChI=1S/C14H17NO5/c1-15-14(18)20-13(17)10-2-3-11-9(8-10)5-7-19-12(11)4-6-16/h2-3,8,12,16H,4-7H2,1H3,(H,15,18). The summed E-state index contributed by atoms with van der Waals surface area (Å²) in [4.78, 5) is 22.8. The molecule has 6 nitrogen and oxygen atoms in total. The number of esters is 1.